The summed E-state index contributed by atoms with van der Waals surface area (Å²) in [4.78, 5) is 23.1. The number of hydrogen-bond donors (Lipinski definition) is 2. The van der Waals surface area contributed by atoms with Crippen molar-refractivity contribution in [3.63, 3.8) is 0 Å². The summed E-state index contributed by atoms with van der Waals surface area (Å²) in [6.07, 6.45) is -2.96. The van der Waals surface area contributed by atoms with Gasteiger partial charge < -0.3 is 14.9 Å². The average Bonchev–Trinajstić information content (AvgIpc) is 2.53. The lowest BCUT2D eigenvalue weighted by atomic mass is 10.1. The summed E-state index contributed by atoms with van der Waals surface area (Å²) in [5.74, 6) is -2.30. The number of carbonyl (C=O) groups excluding carboxylic acids is 1. The molecule has 108 valence electrons. The average molecular weight is 286 g/mol. The van der Waals surface area contributed by atoms with E-state index in [1.165, 1.54) is 0 Å². The molecule has 0 saturated heterocycles. The minimum Gasteiger partial charge on any atom is -0.478 e. The Kier molecular flexibility index (Phi) is 4.68. The van der Waals surface area contributed by atoms with Crippen LogP contribution in [-0.2, 0) is 14.3 Å². The standard InChI is InChI=1S/C16H14O5/c17-13(11-7-3-1-4-8-11)16(20)21-14(15(18)19)12-9-5-2-6-10-12/h1-10,13-14,17H,(H,18,19)/t13?,14-/m1/s1. The smallest absolute Gasteiger partial charge is 0.349 e. The fourth-order valence-electron chi connectivity index (χ4n) is 1.84. The summed E-state index contributed by atoms with van der Waals surface area (Å²) < 4.78 is 4.93. The van der Waals surface area contributed by atoms with Crippen LogP contribution in [0.4, 0.5) is 0 Å². The zero-order chi connectivity index (χ0) is 15.2. The van der Waals surface area contributed by atoms with Crippen LogP contribution in [0.15, 0.2) is 60.7 Å². The predicted octanol–water partition coefficient (Wildman–Crippen LogP) is 2.09. The highest BCUT2D eigenvalue weighted by Crippen LogP contribution is 2.22. The first kappa shape index (κ1) is 14.7. The van der Waals surface area contributed by atoms with Gasteiger partial charge in [0, 0.05) is 5.56 Å². The van der Waals surface area contributed by atoms with Gasteiger partial charge in [0.05, 0.1) is 0 Å². The molecule has 0 aromatic heterocycles. The minimum absolute atomic E-state index is 0.332. The van der Waals surface area contributed by atoms with Crippen molar-refractivity contribution in [1.82, 2.24) is 0 Å². The van der Waals surface area contributed by atoms with Crippen LogP contribution in [0, 0.1) is 0 Å². The van der Waals surface area contributed by atoms with Crippen molar-refractivity contribution < 1.29 is 24.5 Å². The third-order valence-corrected chi connectivity index (χ3v) is 2.90. The Morgan fingerprint density at radius 2 is 1.33 bits per heavy atom. The number of aliphatic hydroxyl groups excluding tert-OH is 1. The van der Waals surface area contributed by atoms with Crippen molar-refractivity contribution in [3.05, 3.63) is 71.8 Å². The van der Waals surface area contributed by atoms with Gasteiger partial charge in [0.25, 0.3) is 0 Å². The van der Waals surface area contributed by atoms with Crippen molar-refractivity contribution >= 4 is 11.9 Å². The number of carboxylic acids is 1. The number of benzene rings is 2. The number of esters is 1. The largest absolute Gasteiger partial charge is 0.478 e. The van der Waals surface area contributed by atoms with Gasteiger partial charge in [0.15, 0.2) is 6.10 Å². The summed E-state index contributed by atoms with van der Waals surface area (Å²) in [7, 11) is 0. The van der Waals surface area contributed by atoms with Crippen molar-refractivity contribution in [2.24, 2.45) is 0 Å². The first-order valence-electron chi connectivity index (χ1n) is 6.31. The molecular formula is C16H14O5. The number of aliphatic carboxylic acids is 1. The highest BCUT2D eigenvalue weighted by Gasteiger charge is 2.28. The van der Waals surface area contributed by atoms with Gasteiger partial charge in [-0.2, -0.15) is 0 Å². The van der Waals surface area contributed by atoms with Crippen molar-refractivity contribution in [3.8, 4) is 0 Å². The second kappa shape index (κ2) is 6.67. The summed E-state index contributed by atoms with van der Waals surface area (Å²) >= 11 is 0. The highest BCUT2D eigenvalue weighted by atomic mass is 16.6. The summed E-state index contributed by atoms with van der Waals surface area (Å²) in [6, 6.07) is 16.3. The van der Waals surface area contributed by atoms with Gasteiger partial charge in [0.1, 0.15) is 0 Å². The van der Waals surface area contributed by atoms with Gasteiger partial charge in [0.2, 0.25) is 6.10 Å². The SMILES string of the molecule is O=C(O[C@@H](C(=O)O)c1ccccc1)C(O)c1ccccc1. The lowest BCUT2D eigenvalue weighted by molar-refractivity contribution is -0.171. The molecule has 0 fully saturated rings. The van der Waals surface area contributed by atoms with Gasteiger partial charge in [-0.15, -0.1) is 0 Å². The van der Waals surface area contributed by atoms with Crippen molar-refractivity contribution in [1.29, 1.82) is 0 Å². The van der Waals surface area contributed by atoms with Crippen LogP contribution in [0.25, 0.3) is 0 Å². The predicted molar refractivity (Wildman–Crippen MR) is 74.3 cm³/mol. The van der Waals surface area contributed by atoms with Crippen LogP contribution in [-0.4, -0.2) is 22.2 Å². The number of carbonyl (C=O) groups is 2. The van der Waals surface area contributed by atoms with E-state index in [1.54, 1.807) is 60.7 Å². The Morgan fingerprint density at radius 3 is 1.81 bits per heavy atom. The van der Waals surface area contributed by atoms with E-state index in [0.29, 0.717) is 11.1 Å². The molecule has 0 radical (unpaired) electrons. The Morgan fingerprint density at radius 1 is 0.857 bits per heavy atom. The lowest BCUT2D eigenvalue weighted by Gasteiger charge is -2.16. The van der Waals surface area contributed by atoms with E-state index in [0.717, 1.165) is 0 Å². The third kappa shape index (κ3) is 3.67. The van der Waals surface area contributed by atoms with Crippen LogP contribution >= 0.6 is 0 Å². The molecule has 0 spiro atoms. The summed E-state index contributed by atoms with van der Waals surface area (Å²) in [5.41, 5.74) is 0.679. The molecule has 1 unspecified atom stereocenters. The fourth-order valence-corrected chi connectivity index (χ4v) is 1.84. The minimum atomic E-state index is -1.52. The normalized spacial score (nSPS) is 13.2. The van der Waals surface area contributed by atoms with Crippen LogP contribution in [0.2, 0.25) is 0 Å². The molecule has 2 aromatic rings. The maximum Gasteiger partial charge on any atom is 0.349 e. The molecule has 0 aliphatic heterocycles. The van der Waals surface area contributed by atoms with Crippen molar-refractivity contribution in [2.75, 3.05) is 0 Å². The Balaban J connectivity index is 2.14. The molecule has 0 saturated carbocycles. The molecule has 0 aliphatic carbocycles. The van der Waals surface area contributed by atoms with Gasteiger partial charge in [-0.05, 0) is 5.56 Å². The molecule has 5 heteroatoms. The third-order valence-electron chi connectivity index (χ3n) is 2.90. The molecule has 0 aliphatic rings. The van der Waals surface area contributed by atoms with Gasteiger partial charge in [-0.25, -0.2) is 9.59 Å². The second-order valence-corrected chi connectivity index (χ2v) is 4.38. The molecular weight excluding hydrogens is 272 g/mol. The first-order valence-corrected chi connectivity index (χ1v) is 6.31. The molecule has 5 nitrogen and oxygen atoms in total. The molecule has 2 rings (SSSR count). The Labute approximate surface area is 121 Å². The number of hydrogen-bond acceptors (Lipinski definition) is 4. The zero-order valence-electron chi connectivity index (χ0n) is 11.0. The van der Waals surface area contributed by atoms with E-state index >= 15 is 0 Å². The molecule has 0 heterocycles. The molecule has 2 atom stereocenters. The molecule has 2 N–H and O–H groups in total. The maximum atomic E-state index is 11.9. The summed E-state index contributed by atoms with van der Waals surface area (Å²) in [6.45, 7) is 0. The van der Waals surface area contributed by atoms with Gasteiger partial charge in [-0.1, -0.05) is 60.7 Å². The van der Waals surface area contributed by atoms with E-state index < -0.39 is 24.1 Å². The van der Waals surface area contributed by atoms with E-state index in [4.69, 9.17) is 9.84 Å². The molecule has 0 bridgehead atoms. The van der Waals surface area contributed by atoms with Gasteiger partial charge in [-0.3, -0.25) is 0 Å². The Bertz CT molecular complexity index is 609. The maximum absolute atomic E-state index is 11.9. The topological polar surface area (TPSA) is 83.8 Å². The molecule has 2 aromatic carbocycles. The van der Waals surface area contributed by atoms with Crippen LogP contribution in [0.5, 0.6) is 0 Å². The number of ether oxygens (including phenoxy) is 1. The van der Waals surface area contributed by atoms with E-state index in [-0.39, 0.29) is 0 Å². The zero-order valence-corrected chi connectivity index (χ0v) is 11.0. The quantitative estimate of drug-likeness (QED) is 0.822. The van der Waals surface area contributed by atoms with Crippen molar-refractivity contribution in [2.45, 2.75) is 12.2 Å². The van der Waals surface area contributed by atoms with Crippen LogP contribution < -0.4 is 0 Å². The fraction of sp³-hybridized carbons (Fsp3) is 0.125. The van der Waals surface area contributed by atoms with Crippen LogP contribution in [0.1, 0.15) is 23.3 Å². The number of aliphatic hydroxyl groups is 1. The van der Waals surface area contributed by atoms with Crippen LogP contribution in [0.3, 0.4) is 0 Å². The highest BCUT2D eigenvalue weighted by molar-refractivity contribution is 5.82. The summed E-state index contributed by atoms with van der Waals surface area (Å²) in [5, 5.41) is 19.1. The molecule has 21 heavy (non-hydrogen) atoms. The van der Waals surface area contributed by atoms with E-state index in [2.05, 4.69) is 0 Å². The molecule has 0 amide bonds. The van der Waals surface area contributed by atoms with E-state index in [9.17, 15) is 14.7 Å². The lowest BCUT2D eigenvalue weighted by Crippen LogP contribution is -2.23. The number of rotatable bonds is 5. The van der Waals surface area contributed by atoms with Gasteiger partial charge >= 0.3 is 11.9 Å². The van der Waals surface area contributed by atoms with E-state index in [1.807, 2.05) is 0 Å². The Hall–Kier alpha value is -2.66. The second-order valence-electron chi connectivity index (χ2n) is 4.38. The first-order chi connectivity index (χ1) is 10.1. The number of carboxylic acid groups (broad SMARTS) is 1. The monoisotopic (exact) mass is 286 g/mol.